The van der Waals surface area contributed by atoms with Crippen molar-refractivity contribution in [1.29, 1.82) is 0 Å². The minimum atomic E-state index is -0.0768. The molecule has 0 spiro atoms. The lowest BCUT2D eigenvalue weighted by Crippen LogP contribution is -2.14. The zero-order chi connectivity index (χ0) is 36.2. The zero-order valence-corrected chi connectivity index (χ0v) is 30.5. The van der Waals surface area contributed by atoms with Crippen LogP contribution in [0, 0.1) is 0 Å². The maximum absolute atomic E-state index is 2.43. The van der Waals surface area contributed by atoms with E-state index in [4.69, 9.17) is 0 Å². The minimum Gasteiger partial charge on any atom is -0.310 e. The predicted octanol–water partition coefficient (Wildman–Crippen LogP) is 14.8. The SMILES string of the molecule is CC1(C)c2ccccc2-c2c(-c3ccccc3N(c3ccc(-c4ccc5ccccc5c4)cc3)c3ccc(-c4cccc5ccccc45)cc3)cccc21. The highest BCUT2D eigenvalue weighted by atomic mass is 15.1. The molecule has 0 unspecified atom stereocenters. The van der Waals surface area contributed by atoms with E-state index in [1.807, 2.05) is 0 Å². The molecule has 9 aromatic carbocycles. The molecule has 54 heavy (non-hydrogen) atoms. The quantitative estimate of drug-likeness (QED) is 0.168. The van der Waals surface area contributed by atoms with E-state index in [0.29, 0.717) is 0 Å². The van der Waals surface area contributed by atoms with Crippen LogP contribution in [0.2, 0.25) is 0 Å². The molecule has 0 amide bonds. The second-order valence-corrected chi connectivity index (χ2v) is 14.9. The van der Waals surface area contributed by atoms with E-state index in [1.54, 1.807) is 0 Å². The lowest BCUT2D eigenvalue weighted by molar-refractivity contribution is 0.660. The second-order valence-electron chi connectivity index (χ2n) is 14.9. The monoisotopic (exact) mass is 689 g/mol. The van der Waals surface area contributed by atoms with Crippen molar-refractivity contribution in [1.82, 2.24) is 0 Å². The normalized spacial score (nSPS) is 12.8. The molecule has 1 heteroatoms. The Kier molecular flexibility index (Phi) is 7.56. The fourth-order valence-electron chi connectivity index (χ4n) is 8.74. The van der Waals surface area contributed by atoms with Gasteiger partial charge in [-0.05, 0) is 108 Å². The van der Waals surface area contributed by atoms with Gasteiger partial charge < -0.3 is 4.90 Å². The Balaban J connectivity index is 1.13. The largest absolute Gasteiger partial charge is 0.310 e. The molecular weight excluding hydrogens is 651 g/mol. The molecule has 1 aliphatic rings. The molecule has 0 aromatic heterocycles. The highest BCUT2D eigenvalue weighted by Crippen LogP contribution is 2.53. The molecule has 0 heterocycles. The first kappa shape index (κ1) is 32.0. The summed E-state index contributed by atoms with van der Waals surface area (Å²) in [6, 6.07) is 73.4. The molecule has 0 bridgehead atoms. The third-order valence-corrected chi connectivity index (χ3v) is 11.5. The zero-order valence-electron chi connectivity index (χ0n) is 30.5. The smallest absolute Gasteiger partial charge is 0.0540 e. The van der Waals surface area contributed by atoms with Crippen molar-refractivity contribution >= 4 is 38.6 Å². The molecule has 0 atom stereocenters. The molecular formula is C53H39N. The first-order valence-corrected chi connectivity index (χ1v) is 18.8. The molecule has 0 fully saturated rings. The van der Waals surface area contributed by atoms with Crippen molar-refractivity contribution in [2.45, 2.75) is 19.3 Å². The molecule has 0 aliphatic heterocycles. The van der Waals surface area contributed by atoms with Crippen molar-refractivity contribution in [3.8, 4) is 44.5 Å². The van der Waals surface area contributed by atoms with Gasteiger partial charge in [0.2, 0.25) is 0 Å². The standard InChI is InChI=1S/C53H39N/c1-53(2)49-22-9-7-19-48(49)52-47(21-12-23-50(52)53)46-18-8-10-24-51(46)54(42-31-27-37(28-32-42)41-26-25-36-13-3-4-15-40(36)35-41)43-33-29-39(30-34-43)45-20-11-16-38-14-5-6-17-44(38)45/h3-35H,1-2H3. The number of fused-ring (bicyclic) bond motifs is 5. The highest BCUT2D eigenvalue weighted by Gasteiger charge is 2.37. The van der Waals surface area contributed by atoms with Crippen LogP contribution in [-0.4, -0.2) is 0 Å². The average Bonchev–Trinajstić information content (AvgIpc) is 3.47. The van der Waals surface area contributed by atoms with Gasteiger partial charge in [0.15, 0.2) is 0 Å². The van der Waals surface area contributed by atoms with Gasteiger partial charge in [-0.1, -0.05) is 178 Å². The molecule has 1 nitrogen and oxygen atoms in total. The number of nitrogens with zero attached hydrogens (tertiary/aromatic N) is 1. The summed E-state index contributed by atoms with van der Waals surface area (Å²) in [5, 5.41) is 5.02. The summed E-state index contributed by atoms with van der Waals surface area (Å²) >= 11 is 0. The highest BCUT2D eigenvalue weighted by molar-refractivity contribution is 6.00. The van der Waals surface area contributed by atoms with Gasteiger partial charge in [-0.25, -0.2) is 0 Å². The van der Waals surface area contributed by atoms with Gasteiger partial charge in [-0.3, -0.25) is 0 Å². The fraction of sp³-hybridized carbons (Fsp3) is 0.0566. The van der Waals surface area contributed by atoms with Crippen molar-refractivity contribution < 1.29 is 0 Å². The Morgan fingerprint density at radius 3 is 1.69 bits per heavy atom. The number of rotatable bonds is 6. The summed E-state index contributed by atoms with van der Waals surface area (Å²) in [5.74, 6) is 0. The van der Waals surface area contributed by atoms with E-state index in [1.165, 1.54) is 77.2 Å². The van der Waals surface area contributed by atoms with Gasteiger partial charge in [-0.2, -0.15) is 0 Å². The topological polar surface area (TPSA) is 3.24 Å². The molecule has 0 saturated carbocycles. The molecule has 10 rings (SSSR count). The number of anilines is 3. The van der Waals surface area contributed by atoms with Crippen molar-refractivity contribution in [3.63, 3.8) is 0 Å². The van der Waals surface area contributed by atoms with Crippen molar-refractivity contribution in [2.24, 2.45) is 0 Å². The summed E-state index contributed by atoms with van der Waals surface area (Å²) < 4.78 is 0. The summed E-state index contributed by atoms with van der Waals surface area (Å²) in [5.41, 5.74) is 16.0. The van der Waals surface area contributed by atoms with Crippen LogP contribution in [0.15, 0.2) is 200 Å². The molecule has 9 aromatic rings. The van der Waals surface area contributed by atoms with Gasteiger partial charge in [-0.15, -0.1) is 0 Å². The van der Waals surface area contributed by atoms with E-state index >= 15 is 0 Å². The molecule has 0 N–H and O–H groups in total. The first-order valence-electron chi connectivity index (χ1n) is 18.8. The Bertz CT molecular complexity index is 2840. The Hall–Kier alpha value is -6.70. The van der Waals surface area contributed by atoms with E-state index in [9.17, 15) is 0 Å². The maximum Gasteiger partial charge on any atom is 0.0540 e. The van der Waals surface area contributed by atoms with E-state index in [0.717, 1.165) is 17.1 Å². The van der Waals surface area contributed by atoms with E-state index in [-0.39, 0.29) is 5.41 Å². The number of hydrogen-bond donors (Lipinski definition) is 0. The minimum absolute atomic E-state index is 0.0768. The second kappa shape index (κ2) is 12.8. The first-order chi connectivity index (χ1) is 26.5. The third-order valence-electron chi connectivity index (χ3n) is 11.5. The van der Waals surface area contributed by atoms with Gasteiger partial charge in [0.25, 0.3) is 0 Å². The Labute approximate surface area is 317 Å². The summed E-state index contributed by atoms with van der Waals surface area (Å²) in [6.45, 7) is 4.71. The van der Waals surface area contributed by atoms with Crippen LogP contribution >= 0.6 is 0 Å². The van der Waals surface area contributed by atoms with Gasteiger partial charge >= 0.3 is 0 Å². The van der Waals surface area contributed by atoms with Crippen LogP contribution in [0.25, 0.3) is 66.1 Å². The Morgan fingerprint density at radius 1 is 0.352 bits per heavy atom. The fourth-order valence-corrected chi connectivity index (χ4v) is 8.74. The Morgan fingerprint density at radius 2 is 0.889 bits per heavy atom. The maximum atomic E-state index is 2.43. The van der Waals surface area contributed by atoms with Crippen LogP contribution < -0.4 is 4.90 Å². The number of hydrogen-bond acceptors (Lipinski definition) is 1. The van der Waals surface area contributed by atoms with Gasteiger partial charge in [0.05, 0.1) is 5.69 Å². The van der Waals surface area contributed by atoms with E-state index in [2.05, 4.69) is 219 Å². The van der Waals surface area contributed by atoms with Gasteiger partial charge in [0, 0.05) is 22.4 Å². The lowest BCUT2D eigenvalue weighted by Gasteiger charge is -2.29. The van der Waals surface area contributed by atoms with E-state index < -0.39 is 0 Å². The average molecular weight is 690 g/mol. The van der Waals surface area contributed by atoms with Crippen LogP contribution in [0.3, 0.4) is 0 Å². The lowest BCUT2D eigenvalue weighted by atomic mass is 9.82. The molecule has 1 aliphatic carbocycles. The predicted molar refractivity (Wildman–Crippen MR) is 230 cm³/mol. The summed E-state index contributed by atoms with van der Waals surface area (Å²) in [6.07, 6.45) is 0. The van der Waals surface area contributed by atoms with Crippen LogP contribution in [-0.2, 0) is 5.41 Å². The summed E-state index contributed by atoms with van der Waals surface area (Å²) in [7, 11) is 0. The molecule has 0 radical (unpaired) electrons. The van der Waals surface area contributed by atoms with Crippen LogP contribution in [0.5, 0.6) is 0 Å². The number of benzene rings is 9. The third kappa shape index (κ3) is 5.24. The van der Waals surface area contributed by atoms with Crippen LogP contribution in [0.4, 0.5) is 17.1 Å². The molecule has 0 saturated heterocycles. The van der Waals surface area contributed by atoms with Crippen molar-refractivity contribution in [3.05, 3.63) is 211 Å². The van der Waals surface area contributed by atoms with Crippen LogP contribution in [0.1, 0.15) is 25.0 Å². The summed E-state index contributed by atoms with van der Waals surface area (Å²) in [4.78, 5) is 2.43. The van der Waals surface area contributed by atoms with Gasteiger partial charge in [0.1, 0.15) is 0 Å². The molecule has 256 valence electrons. The van der Waals surface area contributed by atoms with Crippen molar-refractivity contribution in [2.75, 3.05) is 4.90 Å². The number of para-hydroxylation sites is 1.